The van der Waals surface area contributed by atoms with Crippen molar-refractivity contribution in [3.8, 4) is 11.4 Å². The van der Waals surface area contributed by atoms with Gasteiger partial charge in [0.1, 0.15) is 27.8 Å². The molecule has 3 N–H and O–H groups in total. The first kappa shape index (κ1) is 29.7. The maximum Gasteiger partial charge on any atom is 0.348 e. The summed E-state index contributed by atoms with van der Waals surface area (Å²) in [6, 6.07) is 0. The third kappa shape index (κ3) is 6.83. The summed E-state index contributed by atoms with van der Waals surface area (Å²) in [4.78, 5) is 46.2. The van der Waals surface area contributed by atoms with E-state index in [1.807, 2.05) is 0 Å². The fraction of sp³-hybridized carbons (Fsp3) is 0.519. The fourth-order valence-corrected chi connectivity index (χ4v) is 6.63. The van der Waals surface area contributed by atoms with Crippen LogP contribution < -0.4 is 10.2 Å². The van der Waals surface area contributed by atoms with E-state index in [2.05, 4.69) is 42.0 Å². The third-order valence-corrected chi connectivity index (χ3v) is 9.73. The number of halogens is 2. The van der Waals surface area contributed by atoms with Gasteiger partial charge in [0.25, 0.3) is 0 Å². The van der Waals surface area contributed by atoms with Crippen molar-refractivity contribution in [2.45, 2.75) is 26.7 Å². The van der Waals surface area contributed by atoms with Crippen LogP contribution in [0.1, 0.15) is 45.6 Å². The van der Waals surface area contributed by atoms with E-state index in [1.165, 1.54) is 0 Å². The van der Waals surface area contributed by atoms with Crippen LogP contribution in [0.5, 0.6) is 0 Å². The molecule has 0 amide bonds. The summed E-state index contributed by atoms with van der Waals surface area (Å²) in [5.74, 6) is -0.148. The topological polar surface area (TPSA) is 137 Å². The molecule has 0 saturated carbocycles. The number of carbonyl (C=O) groups is 2. The van der Waals surface area contributed by atoms with E-state index in [1.54, 1.807) is 19.3 Å². The number of anilines is 2. The van der Waals surface area contributed by atoms with Gasteiger partial charge < -0.3 is 25.0 Å². The Bertz CT molecular complexity index is 1390. The number of aromatic nitrogens is 4. The molecule has 14 heteroatoms. The molecule has 0 spiro atoms. The Kier molecular flexibility index (Phi) is 9.45. The highest BCUT2D eigenvalue weighted by molar-refractivity contribution is 7.17. The van der Waals surface area contributed by atoms with Gasteiger partial charge >= 0.3 is 5.97 Å². The smallest absolute Gasteiger partial charge is 0.348 e. The Morgan fingerprint density at radius 1 is 1.20 bits per heavy atom. The maximum atomic E-state index is 12.9. The number of hydrogen-bond acceptors (Lipinski definition) is 10. The largest absolute Gasteiger partial charge is 0.477 e. The molecule has 0 bridgehead atoms. The molecule has 2 atom stereocenters. The van der Waals surface area contributed by atoms with Crippen LogP contribution >= 0.6 is 34.5 Å². The molecule has 2 saturated heterocycles. The number of H-pyrrole nitrogens is 1. The Morgan fingerprint density at radius 2 is 1.98 bits per heavy atom. The number of carboxylic acids is 1. The van der Waals surface area contributed by atoms with Gasteiger partial charge in [0, 0.05) is 51.4 Å². The lowest BCUT2D eigenvalue weighted by molar-refractivity contribution is 0.0398. The summed E-state index contributed by atoms with van der Waals surface area (Å²) in [6.07, 6.45) is 4.29. The lowest BCUT2D eigenvalue weighted by Gasteiger charge is -2.36. The minimum absolute atomic E-state index is 0.0578. The number of aromatic amines is 1. The molecule has 5 heterocycles. The fourth-order valence-electron chi connectivity index (χ4n) is 5.25. The number of aryl methyl sites for hydroxylation is 1. The van der Waals surface area contributed by atoms with E-state index in [9.17, 15) is 14.7 Å². The monoisotopic (exact) mass is 621 g/mol. The number of piperidine rings is 1. The summed E-state index contributed by atoms with van der Waals surface area (Å²) in [5.41, 5.74) is 1.76. The lowest BCUT2D eigenvalue weighted by atomic mass is 9.83. The van der Waals surface area contributed by atoms with Gasteiger partial charge in [-0.25, -0.2) is 19.7 Å². The summed E-state index contributed by atoms with van der Waals surface area (Å²) in [6.45, 7) is 10.1. The molecular formula is C27H33Cl2N7O4S. The molecule has 41 heavy (non-hydrogen) atoms. The molecule has 0 aliphatic carbocycles. The number of ketones is 1. The molecule has 5 rings (SSSR count). The van der Waals surface area contributed by atoms with Crippen molar-refractivity contribution in [2.75, 3.05) is 62.7 Å². The lowest BCUT2D eigenvalue weighted by Crippen LogP contribution is -2.40. The number of hydrogen-bond donors (Lipinski definition) is 3. The average Bonchev–Trinajstić information content (AvgIpc) is 3.53. The van der Waals surface area contributed by atoms with Crippen LogP contribution in [0, 0.1) is 18.8 Å². The van der Waals surface area contributed by atoms with Crippen LogP contribution in [0.25, 0.3) is 11.4 Å². The van der Waals surface area contributed by atoms with Crippen molar-refractivity contribution in [1.29, 1.82) is 0 Å². The highest BCUT2D eigenvalue weighted by Crippen LogP contribution is 2.37. The Labute approximate surface area is 252 Å². The van der Waals surface area contributed by atoms with Gasteiger partial charge in [0.05, 0.1) is 35.7 Å². The maximum absolute atomic E-state index is 12.9. The molecule has 3 aromatic rings. The second-order valence-electron chi connectivity index (χ2n) is 10.5. The minimum Gasteiger partial charge on any atom is -0.477 e. The van der Waals surface area contributed by atoms with Crippen LogP contribution in [0.4, 0.5) is 10.9 Å². The van der Waals surface area contributed by atoms with E-state index in [0.29, 0.717) is 58.3 Å². The summed E-state index contributed by atoms with van der Waals surface area (Å²) < 4.78 is 5.38. The first-order chi connectivity index (χ1) is 19.7. The molecule has 3 aromatic heterocycles. The third-order valence-electron chi connectivity index (χ3n) is 7.68. The number of Topliss-reactive ketones (excluding diaryl/α,β-unsaturated/α-hetero) is 1. The van der Waals surface area contributed by atoms with E-state index >= 15 is 0 Å². The number of aromatic carboxylic acids is 1. The van der Waals surface area contributed by atoms with Gasteiger partial charge in [-0.2, -0.15) is 0 Å². The van der Waals surface area contributed by atoms with Crippen molar-refractivity contribution in [3.05, 3.63) is 38.7 Å². The molecule has 220 valence electrons. The number of rotatable bonds is 10. The average molecular weight is 623 g/mol. The Morgan fingerprint density at radius 3 is 2.61 bits per heavy atom. The van der Waals surface area contributed by atoms with Crippen LogP contribution in [0.15, 0.2) is 12.4 Å². The van der Waals surface area contributed by atoms with Gasteiger partial charge in [0.2, 0.25) is 0 Å². The van der Waals surface area contributed by atoms with Crippen molar-refractivity contribution in [3.63, 3.8) is 0 Å². The quantitative estimate of drug-likeness (QED) is 0.273. The summed E-state index contributed by atoms with van der Waals surface area (Å²) in [5, 5.41) is 14.4. The molecular weight excluding hydrogens is 589 g/mol. The van der Waals surface area contributed by atoms with E-state index in [0.717, 1.165) is 57.2 Å². The van der Waals surface area contributed by atoms with Crippen LogP contribution in [-0.2, 0) is 4.74 Å². The zero-order valence-electron chi connectivity index (χ0n) is 23.0. The van der Waals surface area contributed by atoms with Crippen molar-refractivity contribution in [1.82, 2.24) is 24.8 Å². The van der Waals surface area contributed by atoms with Gasteiger partial charge in [-0.1, -0.05) is 41.5 Å². The number of carbonyl (C=O) groups excluding carboxylic acids is 1. The molecule has 2 fully saturated rings. The first-order valence-electron chi connectivity index (χ1n) is 13.6. The second-order valence-corrected chi connectivity index (χ2v) is 12.2. The van der Waals surface area contributed by atoms with Gasteiger partial charge in [-0.3, -0.25) is 9.69 Å². The van der Waals surface area contributed by atoms with Crippen LogP contribution in [-0.4, -0.2) is 94.2 Å². The molecule has 0 aromatic carbocycles. The number of morpholine rings is 1. The second kappa shape index (κ2) is 13.0. The highest BCUT2D eigenvalue weighted by Gasteiger charge is 2.32. The van der Waals surface area contributed by atoms with E-state index in [4.69, 9.17) is 27.9 Å². The number of ether oxygens (including phenoxy) is 1. The standard InChI is InChI=1S/C27H33Cl2N7O4S/c1-15-14-36(5-3-17(15)11-19(37)24-22(29)21(28)16(2)33-24)27-34-23(25(41-27)26(38)39)18-12-32-20(13-31-18)30-4-6-35-7-9-40-10-8-35/h12-13,15,17,33H,3-11,14H2,1-2H3,(H,30,32)(H,38,39)/t15-,17-/m0/s1. The zero-order chi connectivity index (χ0) is 29.1. The molecule has 11 nitrogen and oxygen atoms in total. The van der Waals surface area contributed by atoms with Gasteiger partial charge in [-0.15, -0.1) is 0 Å². The SMILES string of the molecule is Cc1[nH]c(C(=O)C[C@@H]2CCN(c3nc(-c4cnc(NCCN5CCOCC5)cn4)c(C(=O)O)s3)C[C@@H]2C)c(Cl)c1Cl. The zero-order valence-corrected chi connectivity index (χ0v) is 25.3. The van der Waals surface area contributed by atoms with Crippen molar-refractivity contribution >= 4 is 57.2 Å². The number of thiazole rings is 1. The summed E-state index contributed by atoms with van der Waals surface area (Å²) >= 11 is 13.5. The van der Waals surface area contributed by atoms with Gasteiger partial charge in [0.15, 0.2) is 10.9 Å². The predicted molar refractivity (Wildman–Crippen MR) is 160 cm³/mol. The molecule has 0 unspecified atom stereocenters. The first-order valence-corrected chi connectivity index (χ1v) is 15.2. The predicted octanol–water partition coefficient (Wildman–Crippen LogP) is 4.72. The highest BCUT2D eigenvalue weighted by atomic mass is 35.5. The normalized spacial score (nSPS) is 19.9. The van der Waals surface area contributed by atoms with E-state index in [-0.39, 0.29) is 27.5 Å². The number of nitrogens with zero attached hydrogens (tertiary/aromatic N) is 5. The number of carboxylic acid groups (broad SMARTS) is 1. The van der Waals surface area contributed by atoms with Crippen LogP contribution in [0.3, 0.4) is 0 Å². The molecule has 2 aliphatic rings. The Balaban J connectivity index is 1.21. The summed E-state index contributed by atoms with van der Waals surface area (Å²) in [7, 11) is 0. The van der Waals surface area contributed by atoms with Crippen LogP contribution in [0.2, 0.25) is 10.0 Å². The Hall–Kier alpha value is -2.77. The number of nitrogens with one attached hydrogen (secondary N) is 2. The van der Waals surface area contributed by atoms with E-state index < -0.39 is 5.97 Å². The van der Waals surface area contributed by atoms with Crippen molar-refractivity contribution in [2.24, 2.45) is 11.8 Å². The van der Waals surface area contributed by atoms with Gasteiger partial charge in [-0.05, 0) is 25.2 Å². The van der Waals surface area contributed by atoms with Crippen molar-refractivity contribution < 1.29 is 19.4 Å². The molecule has 0 radical (unpaired) electrons. The minimum atomic E-state index is -1.05. The molecule has 2 aliphatic heterocycles.